The summed E-state index contributed by atoms with van der Waals surface area (Å²) in [4.78, 5) is 2.60. The SMILES string of the molecule is Fc1ccc(CN2CCNCC2C2CCCCC2)c(Br)c1. The fraction of sp³-hybridized carbons (Fsp3) is 0.647. The number of piperazine rings is 1. The quantitative estimate of drug-likeness (QED) is 0.884. The molecule has 0 aromatic heterocycles. The normalized spacial score (nSPS) is 25.1. The Kier molecular flexibility index (Phi) is 5.30. The zero-order valence-electron chi connectivity index (χ0n) is 12.5. The second kappa shape index (κ2) is 7.21. The van der Waals surface area contributed by atoms with E-state index in [1.165, 1.54) is 37.7 Å². The maximum atomic E-state index is 13.2. The molecule has 0 bridgehead atoms. The zero-order chi connectivity index (χ0) is 14.7. The Bertz CT molecular complexity index is 474. The standard InChI is InChI=1S/C17H24BrFN2/c18-16-10-15(19)7-6-14(16)12-21-9-8-20-11-17(21)13-4-2-1-3-5-13/h6-7,10,13,17,20H,1-5,8-9,11-12H2. The van der Waals surface area contributed by atoms with Gasteiger partial charge in [-0.05, 0) is 36.5 Å². The lowest BCUT2D eigenvalue weighted by Gasteiger charge is -2.42. The third-order valence-corrected chi connectivity index (χ3v) is 5.72. The molecule has 4 heteroatoms. The van der Waals surface area contributed by atoms with Gasteiger partial charge in [0.25, 0.3) is 0 Å². The van der Waals surface area contributed by atoms with E-state index in [0.29, 0.717) is 6.04 Å². The number of halogens is 2. The van der Waals surface area contributed by atoms with Gasteiger partial charge in [-0.25, -0.2) is 4.39 Å². The lowest BCUT2D eigenvalue weighted by atomic mass is 9.82. The summed E-state index contributed by atoms with van der Waals surface area (Å²) in [5, 5.41) is 3.56. The van der Waals surface area contributed by atoms with Gasteiger partial charge in [-0.3, -0.25) is 4.90 Å². The van der Waals surface area contributed by atoms with Gasteiger partial charge in [0.05, 0.1) is 0 Å². The van der Waals surface area contributed by atoms with Gasteiger partial charge in [0.1, 0.15) is 5.82 Å². The lowest BCUT2D eigenvalue weighted by molar-refractivity contribution is 0.0858. The highest BCUT2D eigenvalue weighted by atomic mass is 79.9. The molecule has 1 saturated heterocycles. The monoisotopic (exact) mass is 354 g/mol. The van der Waals surface area contributed by atoms with Gasteiger partial charge in [0.2, 0.25) is 0 Å². The molecule has 1 saturated carbocycles. The average Bonchev–Trinajstić information content (AvgIpc) is 2.51. The Morgan fingerprint density at radius 3 is 2.81 bits per heavy atom. The van der Waals surface area contributed by atoms with E-state index in [1.54, 1.807) is 12.1 Å². The van der Waals surface area contributed by atoms with E-state index in [4.69, 9.17) is 0 Å². The van der Waals surface area contributed by atoms with Crippen LogP contribution >= 0.6 is 15.9 Å². The summed E-state index contributed by atoms with van der Waals surface area (Å²) >= 11 is 3.51. The van der Waals surface area contributed by atoms with Crippen molar-refractivity contribution in [2.24, 2.45) is 5.92 Å². The van der Waals surface area contributed by atoms with E-state index in [9.17, 15) is 4.39 Å². The molecule has 0 amide bonds. The van der Waals surface area contributed by atoms with Crippen LogP contribution in [0, 0.1) is 11.7 Å². The molecule has 1 aromatic rings. The Labute approximate surface area is 135 Å². The van der Waals surface area contributed by atoms with Crippen molar-refractivity contribution >= 4 is 15.9 Å². The predicted octanol–water partition coefficient (Wildman–Crippen LogP) is 3.94. The molecule has 2 aliphatic rings. The number of hydrogen-bond donors (Lipinski definition) is 1. The molecule has 2 fully saturated rings. The van der Waals surface area contributed by atoms with Crippen LogP contribution in [0.1, 0.15) is 37.7 Å². The minimum absolute atomic E-state index is 0.172. The van der Waals surface area contributed by atoms with E-state index >= 15 is 0 Å². The van der Waals surface area contributed by atoms with Gasteiger partial charge >= 0.3 is 0 Å². The summed E-state index contributed by atoms with van der Waals surface area (Å²) in [7, 11) is 0. The van der Waals surface area contributed by atoms with Crippen molar-refractivity contribution in [3.05, 3.63) is 34.1 Å². The van der Waals surface area contributed by atoms with Crippen LogP contribution < -0.4 is 5.32 Å². The van der Waals surface area contributed by atoms with Crippen LogP contribution in [0.3, 0.4) is 0 Å². The number of nitrogens with one attached hydrogen (secondary N) is 1. The van der Waals surface area contributed by atoms with Crippen LogP contribution in [0.15, 0.2) is 22.7 Å². The molecule has 1 aromatic carbocycles. The smallest absolute Gasteiger partial charge is 0.124 e. The molecule has 1 atom stereocenters. The second-order valence-corrected chi connectivity index (χ2v) is 7.23. The molecule has 1 heterocycles. The van der Waals surface area contributed by atoms with Crippen molar-refractivity contribution in [1.29, 1.82) is 0 Å². The highest BCUT2D eigenvalue weighted by molar-refractivity contribution is 9.10. The second-order valence-electron chi connectivity index (χ2n) is 6.38. The first kappa shape index (κ1) is 15.4. The lowest BCUT2D eigenvalue weighted by Crippen LogP contribution is -2.54. The summed E-state index contributed by atoms with van der Waals surface area (Å²) < 4.78 is 14.1. The number of rotatable bonds is 3. The van der Waals surface area contributed by atoms with Gasteiger partial charge in [-0.1, -0.05) is 41.3 Å². The largest absolute Gasteiger partial charge is 0.314 e. The van der Waals surface area contributed by atoms with Crippen molar-refractivity contribution in [2.75, 3.05) is 19.6 Å². The molecule has 2 nitrogen and oxygen atoms in total. The summed E-state index contributed by atoms with van der Waals surface area (Å²) in [5.74, 6) is 0.653. The molecule has 3 rings (SSSR count). The maximum Gasteiger partial charge on any atom is 0.124 e. The molecule has 0 spiro atoms. The van der Waals surface area contributed by atoms with Crippen LogP contribution in [0.2, 0.25) is 0 Å². The van der Waals surface area contributed by atoms with Gasteiger partial charge in [-0.2, -0.15) is 0 Å². The van der Waals surface area contributed by atoms with Crippen molar-refractivity contribution in [1.82, 2.24) is 10.2 Å². The summed E-state index contributed by atoms with van der Waals surface area (Å²) in [6.07, 6.45) is 6.91. The van der Waals surface area contributed by atoms with Gasteiger partial charge in [0.15, 0.2) is 0 Å². The first-order chi connectivity index (χ1) is 10.2. The van der Waals surface area contributed by atoms with E-state index < -0.39 is 0 Å². The third kappa shape index (κ3) is 3.85. The maximum absolute atomic E-state index is 13.2. The number of hydrogen-bond acceptors (Lipinski definition) is 2. The molecule has 116 valence electrons. The molecule has 0 radical (unpaired) electrons. The van der Waals surface area contributed by atoms with Crippen LogP contribution in [0.25, 0.3) is 0 Å². The van der Waals surface area contributed by atoms with Crippen LogP contribution in [-0.4, -0.2) is 30.6 Å². The van der Waals surface area contributed by atoms with Crippen LogP contribution in [-0.2, 0) is 6.54 Å². The first-order valence-electron chi connectivity index (χ1n) is 8.13. The van der Waals surface area contributed by atoms with Crippen molar-refractivity contribution in [3.8, 4) is 0 Å². The topological polar surface area (TPSA) is 15.3 Å². The molecular formula is C17H24BrFN2. The summed E-state index contributed by atoms with van der Waals surface area (Å²) in [6, 6.07) is 5.70. The molecule has 21 heavy (non-hydrogen) atoms. The molecule has 1 aliphatic heterocycles. The van der Waals surface area contributed by atoms with Crippen molar-refractivity contribution in [3.63, 3.8) is 0 Å². The fourth-order valence-electron chi connectivity index (χ4n) is 3.82. The zero-order valence-corrected chi connectivity index (χ0v) is 14.0. The molecule has 1 unspecified atom stereocenters. The average molecular weight is 355 g/mol. The fourth-order valence-corrected chi connectivity index (χ4v) is 4.29. The third-order valence-electron chi connectivity index (χ3n) is 4.98. The van der Waals surface area contributed by atoms with Gasteiger partial charge in [0, 0.05) is 36.7 Å². The highest BCUT2D eigenvalue weighted by Crippen LogP contribution is 2.31. The molecule has 1 aliphatic carbocycles. The minimum Gasteiger partial charge on any atom is -0.314 e. The van der Waals surface area contributed by atoms with E-state index in [-0.39, 0.29) is 5.82 Å². The van der Waals surface area contributed by atoms with E-state index in [2.05, 4.69) is 26.1 Å². The summed E-state index contributed by atoms with van der Waals surface area (Å²) in [6.45, 7) is 4.17. The Morgan fingerprint density at radius 2 is 2.05 bits per heavy atom. The number of nitrogens with zero attached hydrogens (tertiary/aromatic N) is 1. The first-order valence-corrected chi connectivity index (χ1v) is 8.92. The minimum atomic E-state index is -0.172. The molecule has 1 N–H and O–H groups in total. The Morgan fingerprint density at radius 1 is 1.24 bits per heavy atom. The van der Waals surface area contributed by atoms with Crippen LogP contribution in [0.5, 0.6) is 0 Å². The number of benzene rings is 1. The van der Waals surface area contributed by atoms with E-state index in [1.807, 2.05) is 6.07 Å². The Balaban J connectivity index is 1.71. The van der Waals surface area contributed by atoms with Gasteiger partial charge in [-0.15, -0.1) is 0 Å². The predicted molar refractivity (Wildman–Crippen MR) is 87.7 cm³/mol. The van der Waals surface area contributed by atoms with Crippen molar-refractivity contribution < 1.29 is 4.39 Å². The highest BCUT2D eigenvalue weighted by Gasteiger charge is 2.30. The molecular weight excluding hydrogens is 331 g/mol. The Hall–Kier alpha value is -0.450. The van der Waals surface area contributed by atoms with Gasteiger partial charge < -0.3 is 5.32 Å². The summed E-state index contributed by atoms with van der Waals surface area (Å²) in [5.41, 5.74) is 1.19. The van der Waals surface area contributed by atoms with E-state index in [0.717, 1.165) is 36.6 Å². The van der Waals surface area contributed by atoms with Crippen LogP contribution in [0.4, 0.5) is 4.39 Å². The van der Waals surface area contributed by atoms with Crippen molar-refractivity contribution in [2.45, 2.75) is 44.7 Å².